The number of primary amides is 1. The Morgan fingerprint density at radius 1 is 1.31 bits per heavy atom. The van der Waals surface area contributed by atoms with Crippen LogP contribution in [0.3, 0.4) is 0 Å². The molecule has 1 atom stereocenters. The van der Waals surface area contributed by atoms with E-state index in [1.54, 1.807) is 18.2 Å². The zero-order valence-corrected chi connectivity index (χ0v) is 18.0. The van der Waals surface area contributed by atoms with Gasteiger partial charge in [-0.15, -0.1) is 0 Å². The average molecular weight is 425 g/mol. The van der Waals surface area contributed by atoms with Crippen LogP contribution in [-0.2, 0) is 37.3 Å². The Hall–Kier alpha value is -2.46. The number of benzene rings is 1. The second-order valence-corrected chi connectivity index (χ2v) is 9.16. The van der Waals surface area contributed by atoms with E-state index in [2.05, 4.69) is 11.9 Å². The van der Waals surface area contributed by atoms with Crippen LogP contribution in [0, 0.1) is 0 Å². The molecular formula is C19H28N4O5S. The summed E-state index contributed by atoms with van der Waals surface area (Å²) in [6.07, 6.45) is 1.25. The van der Waals surface area contributed by atoms with Gasteiger partial charge in [-0.1, -0.05) is 13.3 Å². The van der Waals surface area contributed by atoms with Crippen molar-refractivity contribution >= 4 is 32.9 Å². The van der Waals surface area contributed by atoms with Crippen LogP contribution in [0.4, 0.5) is 0 Å². The van der Waals surface area contributed by atoms with Crippen molar-refractivity contribution in [1.82, 2.24) is 13.9 Å². The molecule has 0 radical (unpaired) electrons. The summed E-state index contributed by atoms with van der Waals surface area (Å²) in [6, 6.07) is 4.85. The van der Waals surface area contributed by atoms with Crippen molar-refractivity contribution in [3.63, 3.8) is 0 Å². The highest BCUT2D eigenvalue weighted by molar-refractivity contribution is 7.89. The summed E-state index contributed by atoms with van der Waals surface area (Å²) in [7, 11) is -0.619. The summed E-state index contributed by atoms with van der Waals surface area (Å²) in [4.78, 5) is 27.7. The lowest BCUT2D eigenvalue weighted by Crippen LogP contribution is -2.30. The maximum atomic E-state index is 12.4. The van der Waals surface area contributed by atoms with Gasteiger partial charge in [0.05, 0.1) is 22.3 Å². The number of carbonyl (C=O) groups is 2. The van der Waals surface area contributed by atoms with E-state index < -0.39 is 28.0 Å². The zero-order chi connectivity index (χ0) is 21.8. The zero-order valence-electron chi connectivity index (χ0n) is 17.2. The van der Waals surface area contributed by atoms with E-state index >= 15 is 0 Å². The van der Waals surface area contributed by atoms with Crippen molar-refractivity contribution in [3.8, 4) is 0 Å². The number of nitrogens with zero attached hydrogens (tertiary/aromatic N) is 3. The fourth-order valence-corrected chi connectivity index (χ4v) is 3.74. The third-order valence-electron chi connectivity index (χ3n) is 4.57. The van der Waals surface area contributed by atoms with E-state index in [-0.39, 0.29) is 11.3 Å². The Balaban J connectivity index is 2.32. The van der Waals surface area contributed by atoms with Crippen LogP contribution >= 0.6 is 0 Å². The Bertz CT molecular complexity index is 997. The molecule has 0 bridgehead atoms. The van der Waals surface area contributed by atoms with E-state index in [4.69, 9.17) is 10.5 Å². The van der Waals surface area contributed by atoms with E-state index in [0.717, 1.165) is 22.7 Å². The van der Waals surface area contributed by atoms with Crippen molar-refractivity contribution in [2.75, 3.05) is 14.1 Å². The van der Waals surface area contributed by atoms with Crippen molar-refractivity contribution < 1.29 is 22.7 Å². The van der Waals surface area contributed by atoms with Crippen molar-refractivity contribution in [2.45, 2.75) is 57.1 Å². The first-order valence-electron chi connectivity index (χ1n) is 9.48. The fourth-order valence-electron chi connectivity index (χ4n) is 2.82. The second kappa shape index (κ2) is 9.36. The number of amides is 1. The lowest BCUT2D eigenvalue weighted by molar-refractivity contribution is -0.153. The molecule has 0 saturated heterocycles. The largest absolute Gasteiger partial charge is 0.453 e. The summed E-state index contributed by atoms with van der Waals surface area (Å²) >= 11 is 0. The Kier molecular flexibility index (Phi) is 7.37. The number of unbranched alkanes of at least 4 members (excludes halogenated alkanes) is 1. The molecule has 0 spiro atoms. The van der Waals surface area contributed by atoms with Gasteiger partial charge in [-0.05, 0) is 31.5 Å². The molecule has 0 saturated carbocycles. The topological polar surface area (TPSA) is 125 Å². The van der Waals surface area contributed by atoms with Crippen LogP contribution in [0.15, 0.2) is 23.1 Å². The lowest BCUT2D eigenvalue weighted by Gasteiger charge is -2.12. The molecule has 9 nitrogen and oxygen atoms in total. The number of esters is 1. The van der Waals surface area contributed by atoms with Gasteiger partial charge in [-0.3, -0.25) is 9.59 Å². The first kappa shape index (κ1) is 22.8. The summed E-state index contributed by atoms with van der Waals surface area (Å²) in [5.41, 5.74) is 6.47. The average Bonchev–Trinajstić information content (AvgIpc) is 3.00. The molecule has 1 aromatic carbocycles. The van der Waals surface area contributed by atoms with Crippen LogP contribution < -0.4 is 5.73 Å². The van der Waals surface area contributed by atoms with Gasteiger partial charge in [-0.2, -0.15) is 0 Å². The number of aryl methyl sites for hydroxylation is 2. The van der Waals surface area contributed by atoms with E-state index in [1.165, 1.54) is 21.0 Å². The fraction of sp³-hybridized carbons (Fsp3) is 0.526. The maximum Gasteiger partial charge on any atom is 0.307 e. The normalized spacial score (nSPS) is 13.0. The van der Waals surface area contributed by atoms with Gasteiger partial charge in [0.25, 0.3) is 5.91 Å². The maximum absolute atomic E-state index is 12.4. The molecule has 29 heavy (non-hydrogen) atoms. The van der Waals surface area contributed by atoms with Gasteiger partial charge in [0.15, 0.2) is 6.10 Å². The molecular weight excluding hydrogens is 396 g/mol. The molecule has 0 aliphatic carbocycles. The predicted molar refractivity (Wildman–Crippen MR) is 109 cm³/mol. The number of hydrogen-bond donors (Lipinski definition) is 1. The van der Waals surface area contributed by atoms with Gasteiger partial charge in [0, 0.05) is 27.1 Å². The second-order valence-electron chi connectivity index (χ2n) is 7.01. The molecule has 2 aromatic rings. The minimum atomic E-state index is -3.57. The highest BCUT2D eigenvalue weighted by atomic mass is 32.2. The number of rotatable bonds is 10. The monoisotopic (exact) mass is 424 g/mol. The summed E-state index contributed by atoms with van der Waals surface area (Å²) in [6.45, 7) is 4.20. The van der Waals surface area contributed by atoms with E-state index in [0.29, 0.717) is 24.3 Å². The molecule has 10 heteroatoms. The van der Waals surface area contributed by atoms with Crippen LogP contribution in [0.25, 0.3) is 11.0 Å². The number of aromatic nitrogens is 2. The number of sulfonamides is 1. The molecule has 0 aliphatic rings. The molecule has 2 N–H and O–H groups in total. The quantitative estimate of drug-likeness (QED) is 0.575. The van der Waals surface area contributed by atoms with Gasteiger partial charge < -0.3 is 15.0 Å². The van der Waals surface area contributed by atoms with Gasteiger partial charge in [-0.25, -0.2) is 17.7 Å². The third-order valence-corrected chi connectivity index (χ3v) is 6.39. The predicted octanol–water partition coefficient (Wildman–Crippen LogP) is 1.44. The van der Waals surface area contributed by atoms with Crippen LogP contribution in [-0.4, -0.2) is 54.3 Å². The SMILES string of the molecule is CCCCn1c(CCC(=O)O[C@H](C)C(N)=O)nc2cc(S(=O)(=O)N(C)C)ccc21. The lowest BCUT2D eigenvalue weighted by atomic mass is 10.2. The number of carbonyl (C=O) groups excluding carboxylic acids is 2. The third kappa shape index (κ3) is 5.33. The van der Waals surface area contributed by atoms with E-state index in [1.807, 2.05) is 4.57 Å². The minimum Gasteiger partial charge on any atom is -0.453 e. The number of ether oxygens (including phenoxy) is 1. The summed E-state index contributed by atoms with van der Waals surface area (Å²) in [5, 5.41) is 0. The minimum absolute atomic E-state index is 0.0376. The molecule has 1 amide bonds. The standard InChI is InChI=1S/C19H28N4O5S/c1-5-6-11-23-16-8-7-14(29(26,27)22(3)4)12-15(16)21-17(23)9-10-18(24)28-13(2)19(20)25/h7-8,12-13H,5-6,9-11H2,1-4H3,(H2,20,25)/t13-/m1/s1. The number of hydrogen-bond acceptors (Lipinski definition) is 6. The Morgan fingerprint density at radius 2 is 2.00 bits per heavy atom. The smallest absolute Gasteiger partial charge is 0.307 e. The highest BCUT2D eigenvalue weighted by Crippen LogP contribution is 2.23. The van der Waals surface area contributed by atoms with E-state index in [9.17, 15) is 18.0 Å². The molecule has 160 valence electrons. The number of nitrogens with two attached hydrogens (primary N) is 1. The molecule has 1 heterocycles. The van der Waals surface area contributed by atoms with Gasteiger partial charge >= 0.3 is 5.97 Å². The molecule has 0 aliphatic heterocycles. The molecule has 1 aromatic heterocycles. The first-order valence-corrected chi connectivity index (χ1v) is 10.9. The van der Waals surface area contributed by atoms with Crippen LogP contribution in [0.1, 0.15) is 38.9 Å². The molecule has 0 unspecified atom stereocenters. The summed E-state index contributed by atoms with van der Waals surface area (Å²) < 4.78 is 32.9. The van der Waals surface area contributed by atoms with Crippen LogP contribution in [0.2, 0.25) is 0 Å². The molecule has 0 fully saturated rings. The Morgan fingerprint density at radius 3 is 2.59 bits per heavy atom. The van der Waals surface area contributed by atoms with Crippen molar-refractivity contribution in [2.24, 2.45) is 5.73 Å². The first-order chi connectivity index (χ1) is 13.6. The van der Waals surface area contributed by atoms with Crippen LogP contribution in [0.5, 0.6) is 0 Å². The van der Waals surface area contributed by atoms with Crippen molar-refractivity contribution in [1.29, 1.82) is 0 Å². The molecule has 2 rings (SSSR count). The van der Waals surface area contributed by atoms with Crippen molar-refractivity contribution in [3.05, 3.63) is 24.0 Å². The number of fused-ring (bicyclic) bond motifs is 1. The Labute approximate surface area is 170 Å². The highest BCUT2D eigenvalue weighted by Gasteiger charge is 2.20. The number of imidazole rings is 1. The van der Waals surface area contributed by atoms with Gasteiger partial charge in [0.2, 0.25) is 10.0 Å². The summed E-state index contributed by atoms with van der Waals surface area (Å²) in [5.74, 6) is -0.582. The van der Waals surface area contributed by atoms with Gasteiger partial charge in [0.1, 0.15) is 5.82 Å².